The maximum absolute atomic E-state index is 12.2. The number of amides is 1. The first-order valence-corrected chi connectivity index (χ1v) is 10.0. The summed E-state index contributed by atoms with van der Waals surface area (Å²) in [5.74, 6) is 0.461. The lowest BCUT2D eigenvalue weighted by Crippen LogP contribution is -2.43. The van der Waals surface area contributed by atoms with E-state index in [1.54, 1.807) is 24.2 Å². The van der Waals surface area contributed by atoms with Crippen LogP contribution in [0, 0.1) is 5.92 Å². The molecule has 6 nitrogen and oxygen atoms in total. The Balaban J connectivity index is 1.73. The Labute approximate surface area is 154 Å². The monoisotopic (exact) mass is 367 g/mol. The first-order valence-electron chi connectivity index (χ1n) is 8.78. The van der Waals surface area contributed by atoms with Crippen LogP contribution >= 0.6 is 11.8 Å². The van der Waals surface area contributed by atoms with E-state index < -0.39 is 5.60 Å². The van der Waals surface area contributed by atoms with E-state index in [2.05, 4.69) is 9.97 Å². The molecule has 7 heteroatoms. The lowest BCUT2D eigenvalue weighted by atomic mass is 9.95. The molecule has 1 aromatic heterocycles. The van der Waals surface area contributed by atoms with Gasteiger partial charge < -0.3 is 14.4 Å². The largest absolute Gasteiger partial charge is 0.444 e. The molecule has 0 N–H and O–H groups in total. The molecule has 1 saturated heterocycles. The van der Waals surface area contributed by atoms with Crippen LogP contribution in [0.2, 0.25) is 0 Å². The zero-order chi connectivity index (χ0) is 18.3. The minimum atomic E-state index is -0.446. The molecule has 1 aliphatic rings. The number of aromatic nitrogens is 2. The van der Waals surface area contributed by atoms with Crippen molar-refractivity contribution in [2.75, 3.05) is 26.0 Å². The average Bonchev–Trinajstić information content (AvgIpc) is 2.58. The minimum Gasteiger partial charge on any atom is -0.444 e. The molecule has 1 atom stereocenters. The fraction of sp³-hybridized carbons (Fsp3) is 0.722. The number of carbonyl (C=O) groups is 1. The van der Waals surface area contributed by atoms with Gasteiger partial charge in [-0.3, -0.25) is 4.98 Å². The molecule has 1 aromatic rings. The van der Waals surface area contributed by atoms with E-state index in [9.17, 15) is 4.79 Å². The quantitative estimate of drug-likeness (QED) is 0.563. The third kappa shape index (κ3) is 6.82. The highest BCUT2D eigenvalue weighted by Crippen LogP contribution is 2.22. The first-order chi connectivity index (χ1) is 11.9. The van der Waals surface area contributed by atoms with Crippen molar-refractivity contribution in [1.82, 2.24) is 14.9 Å². The predicted molar refractivity (Wildman–Crippen MR) is 98.6 cm³/mol. The standard InChI is InChI=1S/C18H29N3O3S/c1-18(2,3)24-17(22)21-10-5-6-14(12-21)7-11-23-13-15-16(25-4)20-9-8-19-15/h8-9,14H,5-7,10-13H2,1-4H3/t14-/m0/s1. The van der Waals surface area contributed by atoms with Crippen LogP contribution in [-0.4, -0.2) is 52.5 Å². The van der Waals surface area contributed by atoms with Crippen molar-refractivity contribution in [3.05, 3.63) is 18.1 Å². The van der Waals surface area contributed by atoms with Crippen LogP contribution in [0.4, 0.5) is 4.79 Å². The molecule has 25 heavy (non-hydrogen) atoms. The Morgan fingerprint density at radius 1 is 1.36 bits per heavy atom. The SMILES string of the molecule is CSc1nccnc1COCC[C@@H]1CCCN(C(=O)OC(C)(C)C)C1. The molecule has 1 aliphatic heterocycles. The van der Waals surface area contributed by atoms with Gasteiger partial charge in [0.1, 0.15) is 10.6 Å². The highest BCUT2D eigenvalue weighted by molar-refractivity contribution is 7.98. The number of thioether (sulfide) groups is 1. The topological polar surface area (TPSA) is 64.6 Å². The van der Waals surface area contributed by atoms with Crippen LogP contribution in [-0.2, 0) is 16.1 Å². The summed E-state index contributed by atoms with van der Waals surface area (Å²) in [5, 5.41) is 0.913. The van der Waals surface area contributed by atoms with Crippen LogP contribution in [0.5, 0.6) is 0 Å². The van der Waals surface area contributed by atoms with Crippen molar-refractivity contribution >= 4 is 17.9 Å². The van der Waals surface area contributed by atoms with Crippen LogP contribution < -0.4 is 0 Å². The number of hydrogen-bond donors (Lipinski definition) is 0. The number of piperidine rings is 1. The van der Waals surface area contributed by atoms with Crippen LogP contribution in [0.25, 0.3) is 0 Å². The fourth-order valence-electron chi connectivity index (χ4n) is 2.84. The maximum atomic E-state index is 12.2. The second-order valence-corrected chi connectivity index (χ2v) is 8.08. The number of nitrogens with zero attached hydrogens (tertiary/aromatic N) is 3. The van der Waals surface area contributed by atoms with Gasteiger partial charge in [-0.1, -0.05) is 0 Å². The number of rotatable bonds is 6. The van der Waals surface area contributed by atoms with Crippen molar-refractivity contribution < 1.29 is 14.3 Å². The molecule has 0 saturated carbocycles. The molecule has 0 spiro atoms. The summed E-state index contributed by atoms with van der Waals surface area (Å²) >= 11 is 1.58. The summed E-state index contributed by atoms with van der Waals surface area (Å²) in [7, 11) is 0. The summed E-state index contributed by atoms with van der Waals surface area (Å²) < 4.78 is 11.3. The predicted octanol–water partition coefficient (Wildman–Crippen LogP) is 3.75. The Morgan fingerprint density at radius 2 is 2.12 bits per heavy atom. The van der Waals surface area contributed by atoms with E-state index in [0.717, 1.165) is 43.1 Å². The molecule has 2 rings (SSSR count). The van der Waals surface area contributed by atoms with Gasteiger partial charge in [0.05, 0.1) is 12.3 Å². The zero-order valence-corrected chi connectivity index (χ0v) is 16.5. The van der Waals surface area contributed by atoms with Crippen LogP contribution in [0.1, 0.15) is 45.7 Å². The van der Waals surface area contributed by atoms with Gasteiger partial charge in [0.2, 0.25) is 0 Å². The third-order valence-corrected chi connectivity index (χ3v) is 4.74. The van der Waals surface area contributed by atoms with Gasteiger partial charge >= 0.3 is 6.09 Å². The zero-order valence-electron chi connectivity index (χ0n) is 15.7. The first kappa shape index (κ1) is 20.0. The van der Waals surface area contributed by atoms with Gasteiger partial charge in [0, 0.05) is 32.1 Å². The highest BCUT2D eigenvalue weighted by Gasteiger charge is 2.27. The summed E-state index contributed by atoms with van der Waals surface area (Å²) in [6.07, 6.45) is 8.26. The van der Waals surface area contributed by atoms with Crippen LogP contribution in [0.15, 0.2) is 17.4 Å². The van der Waals surface area contributed by atoms with Crippen molar-refractivity contribution in [3.63, 3.8) is 0 Å². The Morgan fingerprint density at radius 3 is 2.84 bits per heavy atom. The minimum absolute atomic E-state index is 0.206. The summed E-state index contributed by atoms with van der Waals surface area (Å²) in [6.45, 7) is 8.37. The van der Waals surface area contributed by atoms with Gasteiger partial charge in [-0.2, -0.15) is 0 Å². The van der Waals surface area contributed by atoms with Crippen molar-refractivity contribution in [2.24, 2.45) is 5.92 Å². The van der Waals surface area contributed by atoms with Crippen molar-refractivity contribution in [3.8, 4) is 0 Å². The molecular weight excluding hydrogens is 338 g/mol. The lowest BCUT2D eigenvalue weighted by molar-refractivity contribution is 0.0134. The second kappa shape index (κ2) is 9.38. The molecule has 0 radical (unpaired) electrons. The number of carbonyl (C=O) groups excluding carboxylic acids is 1. The Bertz CT molecular complexity index is 563. The van der Waals surface area contributed by atoms with E-state index in [1.165, 1.54) is 0 Å². The van der Waals surface area contributed by atoms with Gasteiger partial charge in [-0.15, -0.1) is 11.8 Å². The maximum Gasteiger partial charge on any atom is 0.410 e. The van der Waals surface area contributed by atoms with Gasteiger partial charge in [-0.25, -0.2) is 9.78 Å². The Hall–Kier alpha value is -1.34. The normalized spacial score (nSPS) is 18.2. The van der Waals surface area contributed by atoms with E-state index in [-0.39, 0.29) is 6.09 Å². The molecule has 140 valence electrons. The smallest absolute Gasteiger partial charge is 0.410 e. The number of likely N-dealkylation sites (tertiary alicyclic amines) is 1. The molecule has 0 bridgehead atoms. The van der Waals surface area contributed by atoms with Crippen molar-refractivity contribution in [1.29, 1.82) is 0 Å². The molecule has 2 heterocycles. The van der Waals surface area contributed by atoms with Gasteiger partial charge in [0.25, 0.3) is 0 Å². The number of ether oxygens (including phenoxy) is 2. The highest BCUT2D eigenvalue weighted by atomic mass is 32.2. The van der Waals surface area contributed by atoms with Gasteiger partial charge in [-0.05, 0) is 52.2 Å². The molecule has 0 aliphatic carbocycles. The summed E-state index contributed by atoms with van der Waals surface area (Å²) in [6, 6.07) is 0. The molecular formula is C18H29N3O3S. The van der Waals surface area contributed by atoms with Gasteiger partial charge in [0.15, 0.2) is 0 Å². The Kier molecular flexibility index (Phi) is 7.50. The fourth-order valence-corrected chi connectivity index (χ4v) is 3.35. The van der Waals surface area contributed by atoms with E-state index >= 15 is 0 Å². The third-order valence-electron chi connectivity index (χ3n) is 4.01. The van der Waals surface area contributed by atoms with E-state index in [1.807, 2.05) is 31.9 Å². The molecule has 1 amide bonds. The lowest BCUT2D eigenvalue weighted by Gasteiger charge is -2.34. The van der Waals surface area contributed by atoms with E-state index in [0.29, 0.717) is 19.1 Å². The number of hydrogen-bond acceptors (Lipinski definition) is 6. The van der Waals surface area contributed by atoms with E-state index in [4.69, 9.17) is 9.47 Å². The second-order valence-electron chi connectivity index (χ2n) is 7.29. The summed E-state index contributed by atoms with van der Waals surface area (Å²) in [4.78, 5) is 22.6. The van der Waals surface area contributed by atoms with Crippen LogP contribution in [0.3, 0.4) is 0 Å². The molecule has 0 unspecified atom stereocenters. The summed E-state index contributed by atoms with van der Waals surface area (Å²) in [5.41, 5.74) is 0.438. The molecule has 1 fully saturated rings. The molecule has 0 aromatic carbocycles. The average molecular weight is 368 g/mol. The van der Waals surface area contributed by atoms with Crippen molar-refractivity contribution in [2.45, 2.75) is 57.3 Å².